The van der Waals surface area contributed by atoms with E-state index in [2.05, 4.69) is 0 Å². The van der Waals surface area contributed by atoms with Gasteiger partial charge in [-0.2, -0.15) is 0 Å². The Morgan fingerprint density at radius 1 is 1.33 bits per heavy atom. The van der Waals surface area contributed by atoms with Crippen LogP contribution in [-0.2, 0) is 11.2 Å². The molecule has 1 aromatic rings. The van der Waals surface area contributed by atoms with E-state index in [-0.39, 0.29) is 6.61 Å². The molecule has 0 spiro atoms. The number of hydrogen-bond donors (Lipinski definition) is 2. The van der Waals surface area contributed by atoms with Gasteiger partial charge in [-0.1, -0.05) is 24.3 Å². The fourth-order valence-corrected chi connectivity index (χ4v) is 1.36. The highest BCUT2D eigenvalue weighted by Gasteiger charge is 1.98. The number of aliphatic hydroxyl groups excluding tert-OH is 1. The zero-order valence-electron chi connectivity index (χ0n) is 8.39. The Bertz CT molecular complexity index is 356. The van der Waals surface area contributed by atoms with Gasteiger partial charge in [0, 0.05) is 12.7 Å². The molecule has 0 bridgehead atoms. The number of aliphatic carboxylic acids is 1. The van der Waals surface area contributed by atoms with Crippen LogP contribution in [0.4, 0.5) is 0 Å². The number of hydrogen-bond acceptors (Lipinski definition) is 2. The Kier molecular flexibility index (Phi) is 4.57. The van der Waals surface area contributed by atoms with E-state index in [1.807, 2.05) is 24.3 Å². The Balaban J connectivity index is 2.81. The summed E-state index contributed by atoms with van der Waals surface area (Å²) in [7, 11) is 0. The van der Waals surface area contributed by atoms with Gasteiger partial charge in [-0.15, -0.1) is 0 Å². The summed E-state index contributed by atoms with van der Waals surface area (Å²) in [6.45, 7) is 0.150. The monoisotopic (exact) mass is 206 g/mol. The molecular weight excluding hydrogens is 192 g/mol. The molecule has 0 aliphatic heterocycles. The van der Waals surface area contributed by atoms with Crippen molar-refractivity contribution >= 4 is 12.0 Å². The van der Waals surface area contributed by atoms with E-state index in [1.165, 1.54) is 0 Å². The number of rotatable bonds is 5. The molecule has 80 valence electrons. The quantitative estimate of drug-likeness (QED) is 0.721. The number of carboxylic acid groups (broad SMARTS) is 1. The molecule has 15 heavy (non-hydrogen) atoms. The topological polar surface area (TPSA) is 57.5 Å². The number of aliphatic hydroxyl groups is 1. The van der Waals surface area contributed by atoms with Gasteiger partial charge in [-0.25, -0.2) is 4.79 Å². The van der Waals surface area contributed by atoms with Crippen LogP contribution in [0.5, 0.6) is 0 Å². The molecule has 0 aromatic heterocycles. The van der Waals surface area contributed by atoms with Crippen LogP contribution in [0.3, 0.4) is 0 Å². The standard InChI is InChI=1S/C12H14O3/c13-9-3-6-10-4-1-2-5-11(10)7-8-12(14)15/h1-2,4-5,7-8,13H,3,6,9H2,(H,14,15)/b8-7-. The molecule has 3 nitrogen and oxygen atoms in total. The summed E-state index contributed by atoms with van der Waals surface area (Å²) in [6, 6.07) is 7.58. The van der Waals surface area contributed by atoms with Crippen molar-refractivity contribution in [2.24, 2.45) is 0 Å². The van der Waals surface area contributed by atoms with Crippen molar-refractivity contribution in [1.29, 1.82) is 0 Å². The largest absolute Gasteiger partial charge is 0.478 e. The van der Waals surface area contributed by atoms with Gasteiger partial charge < -0.3 is 10.2 Å². The third kappa shape index (κ3) is 3.95. The van der Waals surface area contributed by atoms with Crippen LogP contribution in [0.15, 0.2) is 30.3 Å². The smallest absolute Gasteiger partial charge is 0.328 e. The molecule has 0 saturated carbocycles. The first-order valence-corrected chi connectivity index (χ1v) is 4.84. The van der Waals surface area contributed by atoms with Crippen molar-refractivity contribution in [1.82, 2.24) is 0 Å². The molecule has 0 heterocycles. The Labute approximate surface area is 88.7 Å². The second-order valence-corrected chi connectivity index (χ2v) is 3.20. The van der Waals surface area contributed by atoms with Crippen LogP contribution in [0.25, 0.3) is 6.08 Å². The first-order valence-electron chi connectivity index (χ1n) is 4.84. The van der Waals surface area contributed by atoms with Crippen LogP contribution >= 0.6 is 0 Å². The predicted octanol–water partition coefficient (Wildman–Crippen LogP) is 1.71. The molecule has 0 radical (unpaired) electrons. The first-order chi connectivity index (χ1) is 7.24. The van der Waals surface area contributed by atoms with Crippen molar-refractivity contribution in [3.63, 3.8) is 0 Å². The molecule has 2 N–H and O–H groups in total. The highest BCUT2D eigenvalue weighted by molar-refractivity contribution is 5.85. The summed E-state index contributed by atoms with van der Waals surface area (Å²) >= 11 is 0. The SMILES string of the molecule is O=C(O)/C=C\c1ccccc1CCCO. The molecule has 0 saturated heterocycles. The van der Waals surface area contributed by atoms with Crippen molar-refractivity contribution in [3.05, 3.63) is 41.5 Å². The van der Waals surface area contributed by atoms with E-state index in [4.69, 9.17) is 10.2 Å². The van der Waals surface area contributed by atoms with Crippen molar-refractivity contribution in [2.45, 2.75) is 12.8 Å². The molecule has 1 rings (SSSR count). The molecule has 0 fully saturated rings. The molecule has 1 aromatic carbocycles. The summed E-state index contributed by atoms with van der Waals surface area (Å²) in [4.78, 5) is 10.4. The van der Waals surface area contributed by atoms with Gasteiger partial charge in [-0.3, -0.25) is 0 Å². The van der Waals surface area contributed by atoms with Gasteiger partial charge >= 0.3 is 5.97 Å². The Morgan fingerprint density at radius 2 is 2.07 bits per heavy atom. The maximum absolute atomic E-state index is 10.4. The van der Waals surface area contributed by atoms with E-state index in [0.29, 0.717) is 6.42 Å². The fraction of sp³-hybridized carbons (Fsp3) is 0.250. The summed E-state index contributed by atoms with van der Waals surface area (Å²) < 4.78 is 0. The molecule has 0 unspecified atom stereocenters. The zero-order chi connectivity index (χ0) is 11.1. The average Bonchev–Trinajstić information content (AvgIpc) is 2.24. The normalized spacial score (nSPS) is 10.7. The summed E-state index contributed by atoms with van der Waals surface area (Å²) in [6.07, 6.45) is 4.15. The molecule has 3 heteroatoms. The highest BCUT2D eigenvalue weighted by Crippen LogP contribution is 2.12. The lowest BCUT2D eigenvalue weighted by Gasteiger charge is -2.03. The summed E-state index contributed by atoms with van der Waals surface area (Å²) in [5, 5.41) is 17.2. The second kappa shape index (κ2) is 5.98. The van der Waals surface area contributed by atoms with Crippen molar-refractivity contribution in [2.75, 3.05) is 6.61 Å². The van der Waals surface area contributed by atoms with Crippen LogP contribution in [0.2, 0.25) is 0 Å². The predicted molar refractivity (Wildman–Crippen MR) is 58.5 cm³/mol. The van der Waals surface area contributed by atoms with Gasteiger partial charge in [0.2, 0.25) is 0 Å². The number of benzene rings is 1. The van der Waals surface area contributed by atoms with Crippen molar-refractivity contribution in [3.8, 4) is 0 Å². The lowest BCUT2D eigenvalue weighted by molar-refractivity contribution is -0.131. The van der Waals surface area contributed by atoms with E-state index in [1.54, 1.807) is 6.08 Å². The number of aryl methyl sites for hydroxylation is 1. The molecular formula is C12H14O3. The first kappa shape index (κ1) is 11.5. The lowest BCUT2D eigenvalue weighted by atomic mass is 10.0. The molecule has 0 atom stereocenters. The second-order valence-electron chi connectivity index (χ2n) is 3.20. The summed E-state index contributed by atoms with van der Waals surface area (Å²) in [5.41, 5.74) is 1.96. The van der Waals surface area contributed by atoms with Gasteiger partial charge in [0.15, 0.2) is 0 Å². The van der Waals surface area contributed by atoms with E-state index in [9.17, 15) is 4.79 Å². The van der Waals surface area contributed by atoms with Crippen LogP contribution < -0.4 is 0 Å². The van der Waals surface area contributed by atoms with Gasteiger partial charge in [-0.05, 0) is 30.0 Å². The van der Waals surface area contributed by atoms with Crippen LogP contribution in [-0.4, -0.2) is 22.8 Å². The van der Waals surface area contributed by atoms with E-state index >= 15 is 0 Å². The van der Waals surface area contributed by atoms with Crippen LogP contribution in [0.1, 0.15) is 17.5 Å². The maximum atomic E-state index is 10.4. The highest BCUT2D eigenvalue weighted by atomic mass is 16.4. The molecule has 0 aliphatic rings. The zero-order valence-corrected chi connectivity index (χ0v) is 8.39. The van der Waals surface area contributed by atoms with E-state index < -0.39 is 5.97 Å². The minimum absolute atomic E-state index is 0.150. The molecule has 0 aliphatic carbocycles. The Morgan fingerprint density at radius 3 is 2.73 bits per heavy atom. The van der Waals surface area contributed by atoms with Crippen LogP contribution in [0, 0.1) is 0 Å². The molecule has 0 amide bonds. The third-order valence-corrected chi connectivity index (χ3v) is 2.06. The lowest BCUT2D eigenvalue weighted by Crippen LogP contribution is -1.93. The third-order valence-electron chi connectivity index (χ3n) is 2.06. The van der Waals surface area contributed by atoms with Gasteiger partial charge in [0.1, 0.15) is 0 Å². The number of carbonyl (C=O) groups is 1. The number of carboxylic acids is 1. The fourth-order valence-electron chi connectivity index (χ4n) is 1.36. The maximum Gasteiger partial charge on any atom is 0.328 e. The van der Waals surface area contributed by atoms with Gasteiger partial charge in [0.25, 0.3) is 0 Å². The van der Waals surface area contributed by atoms with Gasteiger partial charge in [0.05, 0.1) is 0 Å². The average molecular weight is 206 g/mol. The summed E-state index contributed by atoms with van der Waals surface area (Å²) in [5.74, 6) is -0.952. The minimum Gasteiger partial charge on any atom is -0.478 e. The van der Waals surface area contributed by atoms with E-state index in [0.717, 1.165) is 23.6 Å². The Hall–Kier alpha value is -1.61. The minimum atomic E-state index is -0.952. The van der Waals surface area contributed by atoms with Crippen molar-refractivity contribution < 1.29 is 15.0 Å².